The van der Waals surface area contributed by atoms with Gasteiger partial charge in [0.05, 0.1) is 17.9 Å². The normalized spacial score (nSPS) is 26.2. The maximum atomic E-state index is 2.51. The van der Waals surface area contributed by atoms with E-state index in [9.17, 15) is 0 Å². The molecule has 0 radical (unpaired) electrons. The Balaban J connectivity index is 1.92. The van der Waals surface area contributed by atoms with Crippen LogP contribution in [0.1, 0.15) is 34.7 Å². The van der Waals surface area contributed by atoms with Crippen LogP contribution in [0.4, 0.5) is 0 Å². The van der Waals surface area contributed by atoms with Gasteiger partial charge in [-0.05, 0) is 110 Å². The van der Waals surface area contributed by atoms with Gasteiger partial charge in [0.15, 0.2) is 0 Å². The van der Waals surface area contributed by atoms with Gasteiger partial charge in [-0.3, -0.25) is 0 Å². The molecule has 0 aromatic carbocycles. The molecule has 2 atom stereocenters. The standard InChI is InChI=1S/C26H28S8/c1-13-15(9-19(27-5)31-13)23-17-11-21(29-7)33-25(17,3)26(4)18(12-22(30-8)34-26)24(23)16-10-20(28-6)32-14(16)2/h9-12H,1-8H3/t25-,26-/m0/s1. The highest BCUT2D eigenvalue weighted by molar-refractivity contribution is 8.25. The molecule has 0 unspecified atom stereocenters. The van der Waals surface area contributed by atoms with Crippen molar-refractivity contribution in [2.24, 2.45) is 0 Å². The fraction of sp³-hybridized carbons (Fsp3) is 0.385. The monoisotopic (exact) mass is 596 g/mol. The van der Waals surface area contributed by atoms with Gasteiger partial charge in [-0.15, -0.1) is 93.2 Å². The third kappa shape index (κ3) is 3.84. The van der Waals surface area contributed by atoms with Crippen molar-refractivity contribution >= 4 is 104 Å². The Bertz CT molecular complexity index is 1200. The van der Waals surface area contributed by atoms with E-state index >= 15 is 0 Å². The second-order valence-electron chi connectivity index (χ2n) is 8.66. The molecule has 3 aliphatic rings. The lowest BCUT2D eigenvalue weighted by Crippen LogP contribution is -2.47. The van der Waals surface area contributed by atoms with Crippen molar-refractivity contribution in [3.8, 4) is 0 Å². The predicted molar refractivity (Wildman–Crippen MR) is 171 cm³/mol. The predicted octanol–water partition coefficient (Wildman–Crippen LogP) is 10.5. The molecule has 0 N–H and O–H groups in total. The highest BCUT2D eigenvalue weighted by Crippen LogP contribution is 2.71. The SMILES string of the molecule is CSC1=CC2=C(c3cc(SC)sc3C)C(c3cc(SC)sc3C)=C3C=C(SC)S[C@]3(C)[C@@]2(C)S1. The average molecular weight is 597 g/mol. The summed E-state index contributed by atoms with van der Waals surface area (Å²) in [4.78, 5) is 2.84. The van der Waals surface area contributed by atoms with Crippen molar-refractivity contribution in [3.05, 3.63) is 64.8 Å². The van der Waals surface area contributed by atoms with Gasteiger partial charge in [0.25, 0.3) is 0 Å². The Labute approximate surface area is 237 Å². The average Bonchev–Trinajstić information content (AvgIpc) is 3.56. The quantitative estimate of drug-likeness (QED) is 0.302. The number of fused-ring (bicyclic) bond motifs is 3. The molecule has 0 nitrogen and oxygen atoms in total. The lowest BCUT2D eigenvalue weighted by molar-refractivity contribution is 0.625. The molecule has 34 heavy (non-hydrogen) atoms. The van der Waals surface area contributed by atoms with Crippen LogP contribution in [0.5, 0.6) is 0 Å². The van der Waals surface area contributed by atoms with Crippen LogP contribution in [-0.2, 0) is 0 Å². The van der Waals surface area contributed by atoms with Crippen LogP contribution in [-0.4, -0.2) is 34.5 Å². The molecule has 0 amide bonds. The number of hydrogen-bond acceptors (Lipinski definition) is 8. The minimum atomic E-state index is -0.0156. The highest BCUT2D eigenvalue weighted by Gasteiger charge is 2.59. The van der Waals surface area contributed by atoms with Crippen molar-refractivity contribution in [2.75, 3.05) is 25.0 Å². The van der Waals surface area contributed by atoms with Crippen molar-refractivity contribution < 1.29 is 0 Å². The topological polar surface area (TPSA) is 0 Å². The maximum Gasteiger partial charge on any atom is 0.0627 e. The zero-order valence-corrected chi connectivity index (χ0v) is 27.1. The number of thioether (sulfide) groups is 6. The Kier molecular flexibility index (Phi) is 7.40. The molecule has 0 bridgehead atoms. The zero-order valence-electron chi connectivity index (χ0n) is 20.6. The summed E-state index contributed by atoms with van der Waals surface area (Å²) in [6, 6.07) is 4.90. The molecule has 0 spiro atoms. The summed E-state index contributed by atoms with van der Waals surface area (Å²) in [5.41, 5.74) is 8.80. The lowest BCUT2D eigenvalue weighted by atomic mass is 9.69. The smallest absolute Gasteiger partial charge is 0.0627 e. The molecule has 2 aliphatic heterocycles. The van der Waals surface area contributed by atoms with E-state index in [1.165, 1.54) is 60.1 Å². The fourth-order valence-electron chi connectivity index (χ4n) is 5.05. The first kappa shape index (κ1) is 26.1. The molecule has 0 saturated heterocycles. The number of aryl methyl sites for hydroxylation is 2. The van der Waals surface area contributed by atoms with E-state index in [4.69, 9.17) is 0 Å². The van der Waals surface area contributed by atoms with Gasteiger partial charge in [0.1, 0.15) is 0 Å². The Morgan fingerprint density at radius 1 is 0.618 bits per heavy atom. The van der Waals surface area contributed by atoms with Gasteiger partial charge in [-0.1, -0.05) is 0 Å². The molecule has 5 rings (SSSR count). The summed E-state index contributed by atoms with van der Waals surface area (Å²) in [6.07, 6.45) is 13.9. The van der Waals surface area contributed by atoms with Crippen LogP contribution in [0, 0.1) is 13.8 Å². The third-order valence-corrected chi connectivity index (χ3v) is 16.6. The lowest BCUT2D eigenvalue weighted by Gasteiger charge is -2.47. The minimum Gasteiger partial charge on any atom is -0.134 e. The Hall–Kier alpha value is 0.460. The van der Waals surface area contributed by atoms with Crippen LogP contribution < -0.4 is 0 Å². The summed E-state index contributed by atoms with van der Waals surface area (Å²) >= 11 is 15.5. The summed E-state index contributed by atoms with van der Waals surface area (Å²) < 4.78 is 5.62. The largest absolute Gasteiger partial charge is 0.134 e. The van der Waals surface area contributed by atoms with Crippen LogP contribution in [0.3, 0.4) is 0 Å². The van der Waals surface area contributed by atoms with E-state index in [-0.39, 0.29) is 9.49 Å². The molecule has 0 fully saturated rings. The summed E-state index contributed by atoms with van der Waals surface area (Å²) in [7, 11) is 0. The van der Waals surface area contributed by atoms with Gasteiger partial charge in [-0.25, -0.2) is 0 Å². The first-order valence-electron chi connectivity index (χ1n) is 10.9. The molecule has 8 heteroatoms. The maximum absolute atomic E-state index is 2.51. The van der Waals surface area contributed by atoms with Crippen LogP contribution >= 0.6 is 93.2 Å². The second kappa shape index (κ2) is 9.64. The fourth-order valence-corrected chi connectivity index (χ4v) is 13.1. The Morgan fingerprint density at radius 2 is 1.00 bits per heavy atom. The summed E-state index contributed by atoms with van der Waals surface area (Å²) in [5.74, 6) is 0. The van der Waals surface area contributed by atoms with Crippen LogP contribution in [0.25, 0.3) is 11.1 Å². The van der Waals surface area contributed by atoms with E-state index in [1.54, 1.807) is 0 Å². The molecule has 4 heterocycles. The molecule has 2 aromatic rings. The number of hydrogen-bond donors (Lipinski definition) is 0. The van der Waals surface area contributed by atoms with Crippen molar-refractivity contribution in [2.45, 2.75) is 45.6 Å². The number of allylic oxidation sites excluding steroid dienone is 4. The molecule has 2 aromatic heterocycles. The zero-order chi connectivity index (χ0) is 24.4. The van der Waals surface area contributed by atoms with Gasteiger partial charge in [0, 0.05) is 18.2 Å². The van der Waals surface area contributed by atoms with Gasteiger partial charge in [0.2, 0.25) is 0 Å². The molecular formula is C26H28S8. The number of rotatable bonds is 6. The summed E-state index contributed by atoms with van der Waals surface area (Å²) in [5, 5.41) is 0. The minimum absolute atomic E-state index is 0.0156. The number of thiophene rings is 2. The van der Waals surface area contributed by atoms with Crippen molar-refractivity contribution in [1.82, 2.24) is 0 Å². The van der Waals surface area contributed by atoms with Crippen molar-refractivity contribution in [1.29, 1.82) is 0 Å². The molecule has 180 valence electrons. The van der Waals surface area contributed by atoms with Gasteiger partial charge in [-0.2, -0.15) is 0 Å². The second-order valence-corrected chi connectivity index (χ2v) is 18.5. The van der Waals surface area contributed by atoms with Gasteiger partial charge >= 0.3 is 0 Å². The van der Waals surface area contributed by atoms with Crippen molar-refractivity contribution in [3.63, 3.8) is 0 Å². The van der Waals surface area contributed by atoms with E-state index < -0.39 is 0 Å². The molecule has 1 aliphatic carbocycles. The summed E-state index contributed by atoms with van der Waals surface area (Å²) in [6.45, 7) is 9.61. The van der Waals surface area contributed by atoms with E-state index in [0.29, 0.717) is 0 Å². The van der Waals surface area contributed by atoms with E-state index in [1.807, 2.05) is 69.7 Å². The molecular weight excluding hydrogens is 569 g/mol. The molecule has 0 saturated carbocycles. The Morgan fingerprint density at radius 3 is 1.29 bits per heavy atom. The van der Waals surface area contributed by atoms with E-state index in [0.717, 1.165) is 0 Å². The first-order valence-corrected chi connectivity index (χ1v) is 19.1. The van der Waals surface area contributed by atoms with E-state index in [2.05, 4.69) is 101 Å². The highest BCUT2D eigenvalue weighted by atomic mass is 32.2. The van der Waals surface area contributed by atoms with Gasteiger partial charge < -0.3 is 0 Å². The first-order chi connectivity index (χ1) is 16.2. The van der Waals surface area contributed by atoms with Crippen LogP contribution in [0.2, 0.25) is 0 Å². The van der Waals surface area contributed by atoms with Crippen LogP contribution in [0.15, 0.2) is 52.3 Å². The third-order valence-electron chi connectivity index (χ3n) is 6.99.